The van der Waals surface area contributed by atoms with Crippen molar-refractivity contribution in [3.05, 3.63) is 35.4 Å². The van der Waals surface area contributed by atoms with Gasteiger partial charge in [-0.15, -0.1) is 0 Å². The van der Waals surface area contributed by atoms with E-state index in [9.17, 15) is 9.59 Å². The minimum Gasteiger partial charge on any atom is -0.469 e. The van der Waals surface area contributed by atoms with Crippen LogP contribution in [0.4, 0.5) is 0 Å². The van der Waals surface area contributed by atoms with Crippen molar-refractivity contribution >= 4 is 11.8 Å². The van der Waals surface area contributed by atoms with Crippen LogP contribution in [-0.2, 0) is 23.8 Å². The van der Waals surface area contributed by atoms with Crippen molar-refractivity contribution in [3.63, 3.8) is 0 Å². The predicted molar refractivity (Wildman–Crippen MR) is 147 cm³/mol. The Hall–Kier alpha value is -1.72. The lowest BCUT2D eigenvalue weighted by molar-refractivity contribution is -0.141. The highest BCUT2D eigenvalue weighted by molar-refractivity contribution is 5.81. The van der Waals surface area contributed by atoms with Crippen molar-refractivity contribution in [1.29, 1.82) is 0 Å². The van der Waals surface area contributed by atoms with E-state index in [0.717, 1.165) is 64.6 Å². The Kier molecular flexibility index (Phi) is 13.1. The minimum absolute atomic E-state index is 0.0391. The van der Waals surface area contributed by atoms with Gasteiger partial charge in [0.1, 0.15) is 5.78 Å². The molecule has 0 amide bonds. The van der Waals surface area contributed by atoms with Gasteiger partial charge in [-0.2, -0.15) is 0 Å². The van der Waals surface area contributed by atoms with Crippen LogP contribution in [-0.4, -0.2) is 38.7 Å². The van der Waals surface area contributed by atoms with E-state index in [0.29, 0.717) is 43.0 Å². The molecule has 5 nitrogen and oxygen atoms in total. The van der Waals surface area contributed by atoms with Gasteiger partial charge in [0.2, 0.25) is 0 Å². The summed E-state index contributed by atoms with van der Waals surface area (Å²) in [6, 6.07) is 8.56. The molecule has 1 saturated heterocycles. The maximum absolute atomic E-state index is 13.6. The molecule has 5 heteroatoms. The molecule has 208 valence electrons. The topological polar surface area (TPSA) is 61.8 Å². The highest BCUT2D eigenvalue weighted by Crippen LogP contribution is 2.41. The van der Waals surface area contributed by atoms with Crippen molar-refractivity contribution in [2.45, 2.75) is 103 Å². The Morgan fingerprint density at radius 3 is 2.78 bits per heavy atom. The van der Waals surface area contributed by atoms with Crippen molar-refractivity contribution in [2.75, 3.05) is 26.9 Å². The van der Waals surface area contributed by atoms with E-state index in [1.807, 2.05) is 0 Å². The zero-order chi connectivity index (χ0) is 26.5. The van der Waals surface area contributed by atoms with Gasteiger partial charge >= 0.3 is 5.97 Å². The number of methoxy groups -OCH3 is 1. The average Bonchev–Trinajstić information content (AvgIpc) is 3.17. The first-order valence-electron chi connectivity index (χ1n) is 14.9. The first kappa shape index (κ1) is 29.8. The molecule has 5 unspecified atom stereocenters. The van der Waals surface area contributed by atoms with Crippen LogP contribution in [0.3, 0.4) is 0 Å². The number of ether oxygens (including phenoxy) is 3. The molecule has 0 radical (unpaired) electrons. The number of esters is 1. The summed E-state index contributed by atoms with van der Waals surface area (Å²) in [5.74, 6) is 1.81. The van der Waals surface area contributed by atoms with E-state index in [2.05, 4.69) is 38.1 Å². The molecule has 0 aromatic heterocycles. The molecule has 3 rings (SSSR count). The number of rotatable bonds is 14. The third-order valence-electron chi connectivity index (χ3n) is 8.38. The van der Waals surface area contributed by atoms with E-state index in [-0.39, 0.29) is 18.0 Å². The lowest BCUT2D eigenvalue weighted by Crippen LogP contribution is -2.29. The highest BCUT2D eigenvalue weighted by atomic mass is 16.5. The Bertz CT molecular complexity index is 813. The molecule has 2 fully saturated rings. The van der Waals surface area contributed by atoms with E-state index in [1.165, 1.54) is 37.5 Å². The zero-order valence-electron chi connectivity index (χ0n) is 23.6. The third-order valence-corrected chi connectivity index (χ3v) is 8.38. The van der Waals surface area contributed by atoms with Crippen molar-refractivity contribution in [2.24, 2.45) is 23.7 Å². The van der Waals surface area contributed by atoms with E-state index in [1.54, 1.807) is 0 Å². The van der Waals surface area contributed by atoms with Crippen LogP contribution in [0.5, 0.6) is 0 Å². The van der Waals surface area contributed by atoms with E-state index in [4.69, 9.17) is 14.2 Å². The van der Waals surface area contributed by atoms with Crippen molar-refractivity contribution < 1.29 is 23.8 Å². The molecule has 0 N–H and O–H groups in total. The fraction of sp³-hybridized carbons (Fsp3) is 0.750. The summed E-state index contributed by atoms with van der Waals surface area (Å²) >= 11 is 0. The second-order valence-corrected chi connectivity index (χ2v) is 11.5. The predicted octanol–water partition coefficient (Wildman–Crippen LogP) is 7.39. The molecule has 1 aliphatic carbocycles. The third kappa shape index (κ3) is 10.2. The number of aryl methyl sites for hydroxylation is 1. The summed E-state index contributed by atoms with van der Waals surface area (Å²) in [6.45, 7) is 6.63. The quantitative estimate of drug-likeness (QED) is 0.191. The van der Waals surface area contributed by atoms with Gasteiger partial charge in [-0.1, -0.05) is 62.4 Å². The van der Waals surface area contributed by atoms with Gasteiger partial charge in [0.15, 0.2) is 0 Å². The molecule has 5 atom stereocenters. The minimum atomic E-state index is -0.198. The van der Waals surface area contributed by atoms with Gasteiger partial charge in [-0.25, -0.2) is 0 Å². The first-order valence-corrected chi connectivity index (χ1v) is 14.9. The molecule has 2 aliphatic rings. The largest absolute Gasteiger partial charge is 0.469 e. The first-order chi connectivity index (χ1) is 18.0. The van der Waals surface area contributed by atoms with Gasteiger partial charge in [0.05, 0.1) is 13.2 Å². The van der Waals surface area contributed by atoms with Crippen molar-refractivity contribution in [3.8, 4) is 0 Å². The molecular formula is C32H50O5. The summed E-state index contributed by atoms with van der Waals surface area (Å²) in [7, 11) is 1.42. The standard InChI is InChI=1S/C32H50O5/c1-4-10-25(20-26-12-5-6-17-36-23-26)21-30(33)27-13-8-15-29(22-27)32(28-14-7-11-24(2)19-28)37-18-9-16-31(34)35-3/h7,11,14,19,25-27,29,32H,4-6,8-10,12-13,15-18,20-23H2,1-3H3. The maximum Gasteiger partial charge on any atom is 0.305 e. The fourth-order valence-electron chi connectivity index (χ4n) is 6.47. The lowest BCUT2D eigenvalue weighted by Gasteiger charge is -2.35. The summed E-state index contributed by atoms with van der Waals surface area (Å²) in [5.41, 5.74) is 2.40. The summed E-state index contributed by atoms with van der Waals surface area (Å²) in [4.78, 5) is 25.1. The summed E-state index contributed by atoms with van der Waals surface area (Å²) < 4.78 is 17.1. The molecule has 37 heavy (non-hydrogen) atoms. The zero-order valence-corrected chi connectivity index (χ0v) is 23.6. The molecule has 1 aromatic rings. The van der Waals surface area contributed by atoms with Crippen LogP contribution >= 0.6 is 0 Å². The number of carbonyl (C=O) groups is 2. The van der Waals surface area contributed by atoms with E-state index < -0.39 is 0 Å². The van der Waals surface area contributed by atoms with Gasteiger partial charge in [0, 0.05) is 38.6 Å². The normalized spacial score (nSPS) is 24.1. The Morgan fingerprint density at radius 2 is 2.00 bits per heavy atom. The fourth-order valence-corrected chi connectivity index (χ4v) is 6.47. The van der Waals surface area contributed by atoms with Crippen LogP contribution in [0.15, 0.2) is 24.3 Å². The monoisotopic (exact) mass is 514 g/mol. The van der Waals surface area contributed by atoms with Crippen LogP contribution in [0.25, 0.3) is 0 Å². The second-order valence-electron chi connectivity index (χ2n) is 11.5. The molecule has 0 bridgehead atoms. The highest BCUT2D eigenvalue weighted by Gasteiger charge is 2.34. The second kappa shape index (κ2) is 16.3. The van der Waals surface area contributed by atoms with Gasteiger partial charge in [0.25, 0.3) is 0 Å². The lowest BCUT2D eigenvalue weighted by atomic mass is 9.73. The Balaban J connectivity index is 1.62. The molecule has 0 spiro atoms. The number of benzene rings is 1. The van der Waals surface area contributed by atoms with Gasteiger partial charge in [-0.3, -0.25) is 9.59 Å². The Labute approximate surface area is 225 Å². The number of carbonyl (C=O) groups excluding carboxylic acids is 2. The van der Waals surface area contributed by atoms with Gasteiger partial charge in [-0.05, 0) is 75.2 Å². The van der Waals surface area contributed by atoms with Crippen LogP contribution in [0.2, 0.25) is 0 Å². The molecule has 1 aromatic carbocycles. The Morgan fingerprint density at radius 1 is 1.14 bits per heavy atom. The molecule has 1 heterocycles. The summed E-state index contributed by atoms with van der Waals surface area (Å²) in [5, 5.41) is 0. The van der Waals surface area contributed by atoms with E-state index >= 15 is 0 Å². The summed E-state index contributed by atoms with van der Waals surface area (Å²) in [6.07, 6.45) is 12.8. The maximum atomic E-state index is 13.6. The van der Waals surface area contributed by atoms with Gasteiger partial charge < -0.3 is 14.2 Å². The number of hydrogen-bond donors (Lipinski definition) is 0. The molecule has 1 saturated carbocycles. The number of hydrogen-bond acceptors (Lipinski definition) is 5. The molecule has 1 aliphatic heterocycles. The van der Waals surface area contributed by atoms with Crippen LogP contribution in [0, 0.1) is 30.6 Å². The van der Waals surface area contributed by atoms with Crippen LogP contribution < -0.4 is 0 Å². The smallest absolute Gasteiger partial charge is 0.305 e. The number of ketones is 1. The van der Waals surface area contributed by atoms with Crippen LogP contribution in [0.1, 0.15) is 108 Å². The molecular weight excluding hydrogens is 464 g/mol. The average molecular weight is 515 g/mol. The van der Waals surface area contributed by atoms with Crippen molar-refractivity contribution in [1.82, 2.24) is 0 Å². The number of Topliss-reactive ketones (excluding diaryl/α,β-unsaturated/α-hetero) is 1. The SMILES string of the molecule is CCCC(CC(=O)C1CCCC(C(OCCCC(=O)OC)c2cccc(C)c2)C1)CC1CCCCOC1.